The second-order valence-corrected chi connectivity index (χ2v) is 6.09. The molecule has 1 N–H and O–H groups in total. The van der Waals surface area contributed by atoms with Gasteiger partial charge in [-0.1, -0.05) is 17.8 Å². The van der Waals surface area contributed by atoms with Crippen molar-refractivity contribution < 1.29 is 13.6 Å². The van der Waals surface area contributed by atoms with Crippen LogP contribution in [0.15, 0.2) is 46.2 Å². The highest BCUT2D eigenvalue weighted by Gasteiger charge is 2.14. The molecule has 6 nitrogen and oxygen atoms in total. The summed E-state index contributed by atoms with van der Waals surface area (Å²) in [5.41, 5.74) is 0.963. The van der Waals surface area contributed by atoms with E-state index in [-0.39, 0.29) is 17.5 Å². The number of rotatable bonds is 5. The zero-order valence-electron chi connectivity index (χ0n) is 13.1. The fourth-order valence-electron chi connectivity index (χ4n) is 2.06. The molecule has 0 aliphatic carbocycles. The largest absolute Gasteiger partial charge is 0.461 e. The first kappa shape index (κ1) is 16.3. The van der Waals surface area contributed by atoms with Crippen LogP contribution in [0.3, 0.4) is 0 Å². The maximum atomic E-state index is 13.5. The molecule has 0 aliphatic heterocycles. The van der Waals surface area contributed by atoms with Gasteiger partial charge in [-0.05, 0) is 36.8 Å². The zero-order valence-corrected chi connectivity index (χ0v) is 13.9. The molecule has 0 saturated carbocycles. The Kier molecular flexibility index (Phi) is 4.66. The van der Waals surface area contributed by atoms with Crippen molar-refractivity contribution in [3.63, 3.8) is 0 Å². The summed E-state index contributed by atoms with van der Waals surface area (Å²) in [6.45, 7) is 1.67. The summed E-state index contributed by atoms with van der Waals surface area (Å²) < 4.78 is 20.5. The number of aromatic nitrogens is 3. The van der Waals surface area contributed by atoms with Crippen LogP contribution in [0.4, 0.5) is 10.1 Å². The second-order valence-electron chi connectivity index (χ2n) is 5.14. The smallest absolute Gasteiger partial charge is 0.234 e. The number of carbonyl (C=O) groups excluding carboxylic acids is 1. The summed E-state index contributed by atoms with van der Waals surface area (Å²) in [6.07, 6.45) is 1.56. The van der Waals surface area contributed by atoms with E-state index in [1.54, 1.807) is 49.1 Å². The van der Waals surface area contributed by atoms with Crippen molar-refractivity contribution >= 4 is 23.4 Å². The topological polar surface area (TPSA) is 73.0 Å². The SMILES string of the molecule is Cc1ccc(NC(=O)CSc2nnc(-c3ccco3)n2C)cc1F. The van der Waals surface area contributed by atoms with Crippen LogP contribution in [-0.4, -0.2) is 26.4 Å². The lowest BCUT2D eigenvalue weighted by atomic mass is 10.2. The number of anilines is 1. The molecule has 8 heteroatoms. The van der Waals surface area contributed by atoms with Gasteiger partial charge in [-0.3, -0.25) is 4.79 Å². The van der Waals surface area contributed by atoms with Crippen LogP contribution in [-0.2, 0) is 11.8 Å². The van der Waals surface area contributed by atoms with Crippen LogP contribution in [0.5, 0.6) is 0 Å². The van der Waals surface area contributed by atoms with E-state index in [1.165, 1.54) is 17.8 Å². The number of hydrogen-bond acceptors (Lipinski definition) is 5. The summed E-state index contributed by atoms with van der Waals surface area (Å²) in [4.78, 5) is 12.0. The third kappa shape index (κ3) is 3.48. The maximum Gasteiger partial charge on any atom is 0.234 e. The van der Waals surface area contributed by atoms with Crippen LogP contribution in [0.25, 0.3) is 11.6 Å². The Balaban J connectivity index is 1.61. The van der Waals surface area contributed by atoms with E-state index in [0.29, 0.717) is 28.0 Å². The number of furan rings is 1. The summed E-state index contributed by atoms with van der Waals surface area (Å²) in [5, 5.41) is 11.4. The normalized spacial score (nSPS) is 10.8. The van der Waals surface area contributed by atoms with Crippen molar-refractivity contribution in [2.45, 2.75) is 12.1 Å². The van der Waals surface area contributed by atoms with Crippen molar-refractivity contribution in [1.29, 1.82) is 0 Å². The Morgan fingerprint density at radius 3 is 2.92 bits per heavy atom. The van der Waals surface area contributed by atoms with Crippen LogP contribution in [0.1, 0.15) is 5.56 Å². The van der Waals surface area contributed by atoms with E-state index in [1.807, 2.05) is 0 Å². The highest BCUT2D eigenvalue weighted by atomic mass is 32.2. The van der Waals surface area contributed by atoms with Gasteiger partial charge in [0.05, 0.1) is 12.0 Å². The van der Waals surface area contributed by atoms with Crippen molar-refractivity contribution in [1.82, 2.24) is 14.8 Å². The zero-order chi connectivity index (χ0) is 17.1. The minimum atomic E-state index is -0.350. The molecule has 3 rings (SSSR count). The maximum absolute atomic E-state index is 13.5. The molecule has 2 aromatic heterocycles. The fraction of sp³-hybridized carbons (Fsp3) is 0.188. The molecule has 24 heavy (non-hydrogen) atoms. The number of hydrogen-bond donors (Lipinski definition) is 1. The van der Waals surface area contributed by atoms with Crippen molar-refractivity contribution in [2.24, 2.45) is 7.05 Å². The van der Waals surface area contributed by atoms with Gasteiger partial charge in [-0.15, -0.1) is 10.2 Å². The summed E-state index contributed by atoms with van der Waals surface area (Å²) in [5.74, 6) is 0.738. The van der Waals surface area contributed by atoms with Crippen LogP contribution in [0.2, 0.25) is 0 Å². The predicted molar refractivity (Wildman–Crippen MR) is 89.2 cm³/mol. The predicted octanol–water partition coefficient (Wildman–Crippen LogP) is 3.25. The first-order valence-corrected chi connectivity index (χ1v) is 8.15. The molecule has 0 radical (unpaired) electrons. The molecule has 3 aromatic rings. The van der Waals surface area contributed by atoms with Gasteiger partial charge in [0, 0.05) is 12.7 Å². The molecule has 0 spiro atoms. The number of thioether (sulfide) groups is 1. The molecular formula is C16H15FN4O2S. The van der Waals surface area contributed by atoms with Crippen molar-refractivity contribution in [3.8, 4) is 11.6 Å². The minimum absolute atomic E-state index is 0.139. The van der Waals surface area contributed by atoms with Gasteiger partial charge in [0.25, 0.3) is 0 Å². The standard InChI is InChI=1S/C16H15FN4O2S/c1-10-5-6-11(8-12(10)17)18-14(22)9-24-16-20-19-15(21(16)2)13-4-3-7-23-13/h3-8H,9H2,1-2H3,(H,18,22). The summed E-state index contributed by atoms with van der Waals surface area (Å²) in [6, 6.07) is 8.14. The van der Waals surface area contributed by atoms with E-state index in [4.69, 9.17) is 4.42 Å². The average Bonchev–Trinajstić information content (AvgIpc) is 3.19. The van der Waals surface area contributed by atoms with E-state index < -0.39 is 0 Å². The fourth-order valence-corrected chi connectivity index (χ4v) is 2.77. The Labute approximate surface area is 142 Å². The number of nitrogens with zero attached hydrogens (tertiary/aromatic N) is 3. The van der Waals surface area contributed by atoms with E-state index in [2.05, 4.69) is 15.5 Å². The lowest BCUT2D eigenvalue weighted by Gasteiger charge is -2.06. The van der Waals surface area contributed by atoms with Gasteiger partial charge in [0.1, 0.15) is 5.82 Å². The second kappa shape index (κ2) is 6.88. The van der Waals surface area contributed by atoms with Gasteiger partial charge >= 0.3 is 0 Å². The molecule has 124 valence electrons. The quantitative estimate of drug-likeness (QED) is 0.718. The molecule has 0 bridgehead atoms. The number of benzene rings is 1. The minimum Gasteiger partial charge on any atom is -0.461 e. The Morgan fingerprint density at radius 1 is 1.38 bits per heavy atom. The third-order valence-electron chi connectivity index (χ3n) is 3.36. The summed E-state index contributed by atoms with van der Waals surface area (Å²) >= 11 is 1.24. The number of nitrogens with one attached hydrogen (secondary N) is 1. The molecule has 0 aliphatic rings. The lowest BCUT2D eigenvalue weighted by Crippen LogP contribution is -2.14. The first-order chi connectivity index (χ1) is 11.5. The molecule has 0 fully saturated rings. The van der Waals surface area contributed by atoms with Crippen molar-refractivity contribution in [3.05, 3.63) is 48.0 Å². The van der Waals surface area contributed by atoms with E-state index in [9.17, 15) is 9.18 Å². The molecule has 1 amide bonds. The number of amides is 1. The van der Waals surface area contributed by atoms with Gasteiger partial charge in [-0.25, -0.2) is 4.39 Å². The molecule has 0 atom stereocenters. The van der Waals surface area contributed by atoms with Crippen LogP contribution >= 0.6 is 11.8 Å². The third-order valence-corrected chi connectivity index (χ3v) is 4.38. The van der Waals surface area contributed by atoms with Gasteiger partial charge < -0.3 is 14.3 Å². The molecule has 0 unspecified atom stereocenters. The highest BCUT2D eigenvalue weighted by Crippen LogP contribution is 2.23. The van der Waals surface area contributed by atoms with Crippen LogP contribution < -0.4 is 5.32 Å². The van der Waals surface area contributed by atoms with Gasteiger partial charge in [0.15, 0.2) is 16.7 Å². The van der Waals surface area contributed by atoms with Gasteiger partial charge in [0.2, 0.25) is 5.91 Å². The van der Waals surface area contributed by atoms with E-state index in [0.717, 1.165) is 0 Å². The molecule has 1 aromatic carbocycles. The first-order valence-electron chi connectivity index (χ1n) is 7.16. The molecular weight excluding hydrogens is 331 g/mol. The Bertz CT molecular complexity index is 861. The van der Waals surface area contributed by atoms with Crippen molar-refractivity contribution in [2.75, 3.05) is 11.1 Å². The van der Waals surface area contributed by atoms with Crippen LogP contribution in [0, 0.1) is 12.7 Å². The van der Waals surface area contributed by atoms with E-state index >= 15 is 0 Å². The Morgan fingerprint density at radius 2 is 2.21 bits per heavy atom. The lowest BCUT2D eigenvalue weighted by molar-refractivity contribution is -0.113. The number of aryl methyl sites for hydroxylation is 1. The molecule has 2 heterocycles. The number of carbonyl (C=O) groups is 1. The Hall–Kier alpha value is -2.61. The highest BCUT2D eigenvalue weighted by molar-refractivity contribution is 7.99. The molecule has 0 saturated heterocycles. The average molecular weight is 346 g/mol. The number of halogens is 1. The summed E-state index contributed by atoms with van der Waals surface area (Å²) in [7, 11) is 1.80. The van der Waals surface area contributed by atoms with Gasteiger partial charge in [-0.2, -0.15) is 0 Å². The monoisotopic (exact) mass is 346 g/mol.